The van der Waals surface area contributed by atoms with E-state index in [9.17, 15) is 14.0 Å². The number of pyridine rings is 1. The van der Waals surface area contributed by atoms with Crippen molar-refractivity contribution < 1.29 is 19.1 Å². The molecule has 1 aliphatic rings. The lowest BCUT2D eigenvalue weighted by molar-refractivity contribution is -0.137. The fourth-order valence-corrected chi connectivity index (χ4v) is 1.57. The Kier molecular flexibility index (Phi) is 3.03. The maximum Gasteiger partial charge on any atom is 0.323 e. The van der Waals surface area contributed by atoms with Crippen molar-refractivity contribution in [2.24, 2.45) is 0 Å². The zero-order valence-electron chi connectivity index (χ0n) is 8.97. The van der Waals surface area contributed by atoms with E-state index in [2.05, 4.69) is 4.98 Å². The van der Waals surface area contributed by atoms with Gasteiger partial charge >= 0.3 is 5.97 Å². The van der Waals surface area contributed by atoms with Gasteiger partial charge in [-0.05, 0) is 25.0 Å². The van der Waals surface area contributed by atoms with Crippen molar-refractivity contribution in [2.75, 3.05) is 6.54 Å². The topological polar surface area (TPSA) is 70.5 Å². The highest BCUT2D eigenvalue weighted by Gasteiger charge is 2.34. The van der Waals surface area contributed by atoms with Gasteiger partial charge < -0.3 is 10.0 Å². The van der Waals surface area contributed by atoms with Gasteiger partial charge in [0.2, 0.25) is 5.95 Å². The van der Waals surface area contributed by atoms with Crippen LogP contribution in [0.2, 0.25) is 0 Å². The van der Waals surface area contributed by atoms with E-state index in [1.807, 2.05) is 0 Å². The lowest BCUT2D eigenvalue weighted by Crippen LogP contribution is -2.37. The Balaban J connectivity index is 2.18. The molecule has 6 heteroatoms. The molecule has 1 saturated carbocycles. The molecule has 0 radical (unpaired) electrons. The Morgan fingerprint density at radius 1 is 1.47 bits per heavy atom. The van der Waals surface area contributed by atoms with Crippen LogP contribution in [0.25, 0.3) is 0 Å². The summed E-state index contributed by atoms with van der Waals surface area (Å²) in [6.45, 7) is -0.373. The number of aliphatic carboxylic acids is 1. The Bertz CT molecular complexity index is 460. The molecule has 5 nitrogen and oxygen atoms in total. The SMILES string of the molecule is O=C(O)CN(C(=O)c1cccc(F)n1)C1CC1. The monoisotopic (exact) mass is 238 g/mol. The molecule has 0 saturated heterocycles. The molecule has 0 unspecified atom stereocenters. The number of aromatic nitrogens is 1. The van der Waals surface area contributed by atoms with Crippen molar-refractivity contribution in [2.45, 2.75) is 18.9 Å². The molecule has 0 aliphatic heterocycles. The Morgan fingerprint density at radius 3 is 2.71 bits per heavy atom. The van der Waals surface area contributed by atoms with Crippen LogP contribution in [0, 0.1) is 5.95 Å². The predicted octanol–water partition coefficient (Wildman–Crippen LogP) is 0.910. The fourth-order valence-electron chi connectivity index (χ4n) is 1.57. The average molecular weight is 238 g/mol. The van der Waals surface area contributed by atoms with Crippen molar-refractivity contribution in [1.82, 2.24) is 9.88 Å². The van der Waals surface area contributed by atoms with E-state index in [0.29, 0.717) is 0 Å². The van der Waals surface area contributed by atoms with Crippen molar-refractivity contribution in [3.8, 4) is 0 Å². The Hall–Kier alpha value is -1.98. The molecular formula is C11H11FN2O3. The molecule has 1 fully saturated rings. The number of carbonyl (C=O) groups excluding carboxylic acids is 1. The minimum absolute atomic E-state index is 0.0522. The van der Waals surface area contributed by atoms with Crippen LogP contribution in [0.4, 0.5) is 4.39 Å². The van der Waals surface area contributed by atoms with E-state index < -0.39 is 17.8 Å². The summed E-state index contributed by atoms with van der Waals surface area (Å²) in [5.41, 5.74) is -0.0573. The summed E-state index contributed by atoms with van der Waals surface area (Å²) in [6, 6.07) is 3.84. The van der Waals surface area contributed by atoms with Gasteiger partial charge in [0.05, 0.1) is 0 Å². The van der Waals surface area contributed by atoms with E-state index in [1.54, 1.807) is 0 Å². The minimum atomic E-state index is -1.08. The third-order valence-corrected chi connectivity index (χ3v) is 2.49. The van der Waals surface area contributed by atoms with Gasteiger partial charge in [-0.25, -0.2) is 4.98 Å². The first-order chi connectivity index (χ1) is 8.08. The van der Waals surface area contributed by atoms with Crippen LogP contribution in [0.3, 0.4) is 0 Å². The van der Waals surface area contributed by atoms with Crippen LogP contribution in [-0.4, -0.2) is 39.5 Å². The summed E-state index contributed by atoms with van der Waals surface area (Å²) in [5, 5.41) is 8.72. The number of nitrogens with zero attached hydrogens (tertiary/aromatic N) is 2. The first-order valence-corrected chi connectivity index (χ1v) is 5.23. The van der Waals surface area contributed by atoms with Gasteiger partial charge in [-0.15, -0.1) is 0 Å². The highest BCUT2D eigenvalue weighted by atomic mass is 19.1. The van der Waals surface area contributed by atoms with Gasteiger partial charge in [0.1, 0.15) is 12.2 Å². The molecule has 1 aromatic rings. The van der Waals surface area contributed by atoms with Crippen LogP contribution in [0.5, 0.6) is 0 Å². The lowest BCUT2D eigenvalue weighted by atomic mass is 10.3. The zero-order valence-corrected chi connectivity index (χ0v) is 8.97. The fraction of sp³-hybridized carbons (Fsp3) is 0.364. The van der Waals surface area contributed by atoms with Gasteiger partial charge in [-0.3, -0.25) is 9.59 Å². The van der Waals surface area contributed by atoms with Crippen LogP contribution in [0.1, 0.15) is 23.3 Å². The van der Waals surface area contributed by atoms with E-state index >= 15 is 0 Å². The number of rotatable bonds is 4. The summed E-state index contributed by atoms with van der Waals surface area (Å²) in [5.74, 6) is -2.36. The minimum Gasteiger partial charge on any atom is -0.480 e. The second-order valence-electron chi connectivity index (χ2n) is 3.90. The lowest BCUT2D eigenvalue weighted by Gasteiger charge is -2.19. The summed E-state index contributed by atoms with van der Waals surface area (Å²) in [6.07, 6.45) is 1.57. The molecule has 0 spiro atoms. The molecule has 1 heterocycles. The third-order valence-electron chi connectivity index (χ3n) is 2.49. The van der Waals surface area contributed by atoms with E-state index in [-0.39, 0.29) is 18.3 Å². The molecule has 0 bridgehead atoms. The smallest absolute Gasteiger partial charge is 0.323 e. The maximum absolute atomic E-state index is 12.9. The first-order valence-electron chi connectivity index (χ1n) is 5.23. The zero-order chi connectivity index (χ0) is 12.4. The molecule has 1 aliphatic carbocycles. The van der Waals surface area contributed by atoms with E-state index in [1.165, 1.54) is 17.0 Å². The number of hydrogen-bond acceptors (Lipinski definition) is 3. The molecule has 1 aromatic heterocycles. The van der Waals surface area contributed by atoms with Crippen LogP contribution < -0.4 is 0 Å². The maximum atomic E-state index is 12.9. The Morgan fingerprint density at radius 2 is 2.18 bits per heavy atom. The predicted molar refractivity (Wildman–Crippen MR) is 55.9 cm³/mol. The average Bonchev–Trinajstić information content (AvgIpc) is 3.08. The van der Waals surface area contributed by atoms with Crippen molar-refractivity contribution >= 4 is 11.9 Å². The molecule has 2 rings (SSSR count). The molecule has 1 N–H and O–H groups in total. The summed E-state index contributed by atoms with van der Waals surface area (Å²) in [4.78, 5) is 27.3. The summed E-state index contributed by atoms with van der Waals surface area (Å²) in [7, 11) is 0. The molecular weight excluding hydrogens is 227 g/mol. The van der Waals surface area contributed by atoms with Crippen LogP contribution in [0.15, 0.2) is 18.2 Å². The van der Waals surface area contributed by atoms with E-state index in [0.717, 1.165) is 18.9 Å². The third kappa shape index (κ3) is 2.77. The van der Waals surface area contributed by atoms with Crippen molar-refractivity contribution in [1.29, 1.82) is 0 Å². The van der Waals surface area contributed by atoms with Crippen LogP contribution in [-0.2, 0) is 4.79 Å². The van der Waals surface area contributed by atoms with Crippen molar-refractivity contribution in [3.05, 3.63) is 29.8 Å². The molecule has 90 valence electrons. The van der Waals surface area contributed by atoms with Gasteiger partial charge in [0, 0.05) is 6.04 Å². The molecule has 1 amide bonds. The molecule has 0 aromatic carbocycles. The Labute approximate surface area is 96.9 Å². The second-order valence-corrected chi connectivity index (χ2v) is 3.90. The quantitative estimate of drug-likeness (QED) is 0.791. The van der Waals surface area contributed by atoms with Gasteiger partial charge in [-0.2, -0.15) is 4.39 Å². The highest BCUT2D eigenvalue weighted by molar-refractivity contribution is 5.94. The van der Waals surface area contributed by atoms with Crippen molar-refractivity contribution in [3.63, 3.8) is 0 Å². The summed E-state index contributed by atoms with van der Waals surface area (Å²) >= 11 is 0. The number of hydrogen-bond donors (Lipinski definition) is 1. The first kappa shape index (κ1) is 11.5. The largest absolute Gasteiger partial charge is 0.480 e. The number of carboxylic acid groups (broad SMARTS) is 1. The molecule has 17 heavy (non-hydrogen) atoms. The standard InChI is InChI=1S/C11H11FN2O3/c12-9-3-1-2-8(13-9)11(17)14(6-10(15)16)7-4-5-7/h1-3,7H,4-6H2,(H,15,16). The normalized spacial score (nSPS) is 14.4. The number of halogens is 1. The van der Waals surface area contributed by atoms with E-state index in [4.69, 9.17) is 5.11 Å². The number of carboxylic acids is 1. The summed E-state index contributed by atoms with van der Waals surface area (Å²) < 4.78 is 12.9. The van der Waals surface area contributed by atoms with Gasteiger partial charge in [-0.1, -0.05) is 6.07 Å². The van der Waals surface area contributed by atoms with Crippen LogP contribution >= 0.6 is 0 Å². The number of amides is 1. The van der Waals surface area contributed by atoms with Gasteiger partial charge in [0.25, 0.3) is 5.91 Å². The van der Waals surface area contributed by atoms with Gasteiger partial charge in [0.15, 0.2) is 0 Å². The highest BCUT2D eigenvalue weighted by Crippen LogP contribution is 2.27. The second kappa shape index (κ2) is 4.48. The molecule has 0 atom stereocenters. The number of carbonyl (C=O) groups is 2.